The van der Waals surface area contributed by atoms with Crippen molar-refractivity contribution < 1.29 is 9.53 Å². The van der Waals surface area contributed by atoms with E-state index in [1.807, 2.05) is 0 Å². The molecule has 2 aromatic rings. The van der Waals surface area contributed by atoms with Crippen LogP contribution in [0.2, 0.25) is 0 Å². The van der Waals surface area contributed by atoms with Crippen molar-refractivity contribution in [2.45, 2.75) is 6.92 Å². The molecule has 0 aliphatic heterocycles. The Balaban J connectivity index is 2.57. The fourth-order valence-corrected chi connectivity index (χ4v) is 1.05. The van der Waals surface area contributed by atoms with Gasteiger partial charge in [0.1, 0.15) is 6.33 Å². The Morgan fingerprint density at radius 2 is 2.40 bits per heavy atom. The van der Waals surface area contributed by atoms with E-state index in [-0.39, 0.29) is 18.1 Å². The van der Waals surface area contributed by atoms with E-state index < -0.39 is 11.5 Å². The van der Waals surface area contributed by atoms with Gasteiger partial charge in [-0.25, -0.2) is 4.79 Å². The average molecular weight is 209 g/mol. The molecular weight excluding hydrogens is 202 g/mol. The van der Waals surface area contributed by atoms with Gasteiger partial charge in [0.2, 0.25) is 5.69 Å². The molecule has 0 radical (unpaired) electrons. The number of nitrogens with one attached hydrogen (secondary N) is 1. The summed E-state index contributed by atoms with van der Waals surface area (Å²) in [5.41, 5.74) is -0.991. The van der Waals surface area contributed by atoms with Crippen LogP contribution in [0.4, 0.5) is 0 Å². The highest BCUT2D eigenvalue weighted by Gasteiger charge is 2.16. The van der Waals surface area contributed by atoms with Crippen molar-refractivity contribution in [2.75, 3.05) is 6.61 Å². The third-order valence-corrected chi connectivity index (χ3v) is 1.68. The Morgan fingerprint density at radius 3 is 3.13 bits per heavy atom. The molecule has 0 atom stereocenters. The SMILES string of the molecule is CCOC(=O)c1nnc2nc[nH]n2c1=O. The molecule has 2 rings (SSSR count). The minimum Gasteiger partial charge on any atom is -0.461 e. The number of esters is 1. The van der Waals surface area contributed by atoms with Gasteiger partial charge in [0.15, 0.2) is 0 Å². The number of carbonyl (C=O) groups is 1. The highest BCUT2D eigenvalue weighted by Crippen LogP contribution is 1.91. The summed E-state index contributed by atoms with van der Waals surface area (Å²) in [7, 11) is 0. The normalized spacial score (nSPS) is 10.5. The minimum atomic E-state index is -0.793. The van der Waals surface area contributed by atoms with Crippen molar-refractivity contribution >= 4 is 11.7 Å². The highest BCUT2D eigenvalue weighted by molar-refractivity contribution is 5.86. The number of rotatable bonds is 2. The zero-order valence-electron chi connectivity index (χ0n) is 7.80. The Morgan fingerprint density at radius 1 is 1.60 bits per heavy atom. The molecule has 0 aromatic carbocycles. The maximum atomic E-state index is 11.6. The minimum absolute atomic E-state index is 0.105. The lowest BCUT2D eigenvalue weighted by molar-refractivity contribution is 0.0515. The van der Waals surface area contributed by atoms with Gasteiger partial charge in [-0.15, -0.1) is 10.2 Å². The van der Waals surface area contributed by atoms with Crippen LogP contribution in [-0.4, -0.2) is 37.4 Å². The molecule has 1 N–H and O–H groups in total. The van der Waals surface area contributed by atoms with Crippen LogP contribution in [-0.2, 0) is 4.74 Å². The molecular formula is C7H7N5O3. The largest absolute Gasteiger partial charge is 0.461 e. The van der Waals surface area contributed by atoms with Crippen LogP contribution in [0, 0.1) is 0 Å². The number of carbonyl (C=O) groups excluding carboxylic acids is 1. The fourth-order valence-electron chi connectivity index (χ4n) is 1.05. The van der Waals surface area contributed by atoms with Crippen LogP contribution in [0.25, 0.3) is 5.78 Å². The van der Waals surface area contributed by atoms with Crippen molar-refractivity contribution in [2.24, 2.45) is 0 Å². The van der Waals surface area contributed by atoms with E-state index >= 15 is 0 Å². The van der Waals surface area contributed by atoms with E-state index in [4.69, 9.17) is 0 Å². The predicted octanol–water partition coefficient (Wildman–Crippen LogP) is -1.01. The molecule has 15 heavy (non-hydrogen) atoms. The number of H-pyrrole nitrogens is 1. The monoisotopic (exact) mass is 209 g/mol. The number of aromatic nitrogens is 5. The second-order valence-corrected chi connectivity index (χ2v) is 2.60. The molecule has 0 bridgehead atoms. The van der Waals surface area contributed by atoms with Gasteiger partial charge in [0.25, 0.3) is 5.78 Å². The summed E-state index contributed by atoms with van der Waals surface area (Å²) >= 11 is 0. The number of hydrogen-bond donors (Lipinski definition) is 1. The number of hydrogen-bond acceptors (Lipinski definition) is 6. The zero-order valence-corrected chi connectivity index (χ0v) is 7.80. The smallest absolute Gasteiger partial charge is 0.364 e. The molecule has 78 valence electrons. The quantitative estimate of drug-likeness (QED) is 0.635. The van der Waals surface area contributed by atoms with E-state index in [1.54, 1.807) is 6.92 Å². The van der Waals surface area contributed by atoms with Gasteiger partial charge in [0, 0.05) is 0 Å². The van der Waals surface area contributed by atoms with E-state index in [0.29, 0.717) is 0 Å². The van der Waals surface area contributed by atoms with Gasteiger partial charge in [-0.1, -0.05) is 0 Å². The lowest BCUT2D eigenvalue weighted by Crippen LogP contribution is -2.26. The number of ether oxygens (including phenoxy) is 1. The van der Waals surface area contributed by atoms with Crippen molar-refractivity contribution in [1.29, 1.82) is 0 Å². The van der Waals surface area contributed by atoms with E-state index in [1.165, 1.54) is 6.33 Å². The highest BCUT2D eigenvalue weighted by atomic mass is 16.5. The van der Waals surface area contributed by atoms with Gasteiger partial charge >= 0.3 is 11.5 Å². The van der Waals surface area contributed by atoms with Crippen LogP contribution < -0.4 is 5.56 Å². The second kappa shape index (κ2) is 3.48. The van der Waals surface area contributed by atoms with Crippen molar-refractivity contribution in [3.05, 3.63) is 22.4 Å². The summed E-state index contributed by atoms with van der Waals surface area (Å²) in [4.78, 5) is 26.6. The van der Waals surface area contributed by atoms with Crippen LogP contribution in [0.15, 0.2) is 11.1 Å². The van der Waals surface area contributed by atoms with Gasteiger partial charge in [-0.05, 0) is 6.92 Å². The Bertz CT molecular complexity index is 557. The Hall–Kier alpha value is -2.25. The fraction of sp³-hybridized carbons (Fsp3) is 0.286. The van der Waals surface area contributed by atoms with Gasteiger partial charge in [0.05, 0.1) is 6.61 Å². The van der Waals surface area contributed by atoms with E-state index in [2.05, 4.69) is 25.0 Å². The first-order chi connectivity index (χ1) is 7.24. The first kappa shape index (κ1) is 9.31. The van der Waals surface area contributed by atoms with E-state index in [0.717, 1.165) is 4.52 Å². The topological polar surface area (TPSA) is 102 Å². The summed E-state index contributed by atoms with van der Waals surface area (Å²) in [5.74, 6) is -0.688. The molecule has 8 nitrogen and oxygen atoms in total. The van der Waals surface area contributed by atoms with Crippen molar-refractivity contribution in [3.8, 4) is 0 Å². The predicted molar refractivity (Wildman–Crippen MR) is 47.4 cm³/mol. The first-order valence-electron chi connectivity index (χ1n) is 4.20. The molecule has 0 saturated heterocycles. The summed E-state index contributed by atoms with van der Waals surface area (Å²) in [6, 6.07) is 0. The van der Waals surface area contributed by atoms with Gasteiger partial charge in [-0.2, -0.15) is 9.50 Å². The molecule has 2 aromatic heterocycles. The molecule has 0 saturated carbocycles. The number of aromatic amines is 1. The first-order valence-corrected chi connectivity index (χ1v) is 4.20. The van der Waals surface area contributed by atoms with Crippen LogP contribution in [0.3, 0.4) is 0 Å². The number of nitrogens with zero attached hydrogens (tertiary/aromatic N) is 4. The van der Waals surface area contributed by atoms with Crippen LogP contribution >= 0.6 is 0 Å². The zero-order chi connectivity index (χ0) is 10.8. The summed E-state index contributed by atoms with van der Waals surface area (Å²) < 4.78 is 5.66. The molecule has 8 heteroatoms. The Kier molecular flexibility index (Phi) is 2.16. The van der Waals surface area contributed by atoms with E-state index in [9.17, 15) is 9.59 Å². The molecule has 0 amide bonds. The van der Waals surface area contributed by atoms with Gasteiger partial charge < -0.3 is 4.74 Å². The maximum absolute atomic E-state index is 11.6. The lowest BCUT2D eigenvalue weighted by atomic mass is 10.5. The molecule has 0 aliphatic rings. The summed E-state index contributed by atoms with van der Waals surface area (Å²) in [6.07, 6.45) is 1.28. The Labute approximate surface area is 82.9 Å². The molecule has 0 fully saturated rings. The van der Waals surface area contributed by atoms with Crippen LogP contribution in [0.5, 0.6) is 0 Å². The van der Waals surface area contributed by atoms with Crippen LogP contribution in [0.1, 0.15) is 17.4 Å². The maximum Gasteiger partial charge on any atom is 0.364 e. The van der Waals surface area contributed by atoms with Crippen molar-refractivity contribution in [3.63, 3.8) is 0 Å². The third-order valence-electron chi connectivity index (χ3n) is 1.68. The molecule has 0 spiro atoms. The molecule has 0 aliphatic carbocycles. The lowest BCUT2D eigenvalue weighted by Gasteiger charge is -1.98. The van der Waals surface area contributed by atoms with Crippen molar-refractivity contribution in [1.82, 2.24) is 24.8 Å². The average Bonchev–Trinajstić information content (AvgIpc) is 2.67. The summed E-state index contributed by atoms with van der Waals surface area (Å²) in [6.45, 7) is 1.81. The number of fused-ring (bicyclic) bond motifs is 1. The standard InChI is InChI=1S/C7H7N5O3/c1-2-15-6(14)4-5(13)12-7(11-10-4)8-3-9-12/h3H,2H2,1H3,(H,8,9,11). The van der Waals surface area contributed by atoms with Gasteiger partial charge in [-0.3, -0.25) is 9.89 Å². The third kappa shape index (κ3) is 1.45. The molecule has 2 heterocycles. The second-order valence-electron chi connectivity index (χ2n) is 2.60. The molecule has 0 unspecified atom stereocenters. The summed E-state index contributed by atoms with van der Waals surface area (Å²) in [5, 5.41) is 9.54.